The van der Waals surface area contributed by atoms with Crippen LogP contribution in [0.4, 0.5) is 0 Å². The summed E-state index contributed by atoms with van der Waals surface area (Å²) in [5, 5.41) is 4.52. The van der Waals surface area contributed by atoms with E-state index in [1.165, 1.54) is 0 Å². The van der Waals surface area contributed by atoms with Crippen molar-refractivity contribution in [2.75, 3.05) is 0 Å². The summed E-state index contributed by atoms with van der Waals surface area (Å²) < 4.78 is 12.5. The minimum Gasteiger partial charge on any atom is -0.455 e. The summed E-state index contributed by atoms with van der Waals surface area (Å²) in [6.07, 6.45) is 0. The first-order chi connectivity index (χ1) is 15.9. The Balaban J connectivity index is 1.45. The summed E-state index contributed by atoms with van der Waals surface area (Å²) in [5.41, 5.74) is 7.82. The highest BCUT2D eigenvalue weighted by Crippen LogP contribution is 2.39. The monoisotopic (exact) mass is 409 g/mol. The second-order valence-electron chi connectivity index (χ2n) is 8.05. The Morgan fingerprint density at radius 3 is 1.75 bits per heavy atom. The number of benzene rings is 5. The first-order valence-corrected chi connectivity index (χ1v) is 10.7. The van der Waals surface area contributed by atoms with E-state index < -0.39 is 0 Å². The number of hydrogen-bond acceptors (Lipinski definition) is 2. The first-order valence-electron chi connectivity index (χ1n) is 10.7. The Kier molecular flexibility index (Phi) is 3.58. The van der Waals surface area contributed by atoms with Gasteiger partial charge in [-0.15, -0.1) is 0 Å². The largest absolute Gasteiger partial charge is 0.455 e. The SMILES string of the molecule is [c]1ccc(-c2cccc3c2oc2ccccc23)cc1-c1cccc2c1oc1ccccc12. The molecule has 0 saturated carbocycles. The zero-order valence-corrected chi connectivity index (χ0v) is 17.1. The molecule has 0 aliphatic rings. The Labute approximate surface area is 184 Å². The Morgan fingerprint density at radius 2 is 1.06 bits per heavy atom. The fourth-order valence-electron chi connectivity index (χ4n) is 4.72. The van der Waals surface area contributed by atoms with Gasteiger partial charge in [0.05, 0.1) is 0 Å². The average Bonchev–Trinajstić information content (AvgIpc) is 3.42. The third-order valence-corrected chi connectivity index (χ3v) is 6.21. The second-order valence-corrected chi connectivity index (χ2v) is 8.05. The standard InChI is InChI=1S/C30H17O2/c1-3-16-27-23(10-1)25-14-6-12-21(29(25)31-27)19-8-5-9-20(18-19)22-13-7-15-26-24-11-2-4-17-28(24)32-30(22)26/h1-8,10-18H. The molecule has 7 rings (SSSR count). The maximum absolute atomic E-state index is 6.26. The highest BCUT2D eigenvalue weighted by molar-refractivity contribution is 6.11. The molecule has 0 unspecified atom stereocenters. The zero-order chi connectivity index (χ0) is 21.1. The molecule has 2 heterocycles. The second kappa shape index (κ2) is 6.60. The molecule has 0 saturated heterocycles. The van der Waals surface area contributed by atoms with Crippen LogP contribution in [-0.2, 0) is 0 Å². The van der Waals surface area contributed by atoms with Gasteiger partial charge in [0.15, 0.2) is 0 Å². The van der Waals surface area contributed by atoms with Crippen LogP contribution in [0.25, 0.3) is 66.1 Å². The van der Waals surface area contributed by atoms with Crippen LogP contribution in [0.3, 0.4) is 0 Å². The average molecular weight is 409 g/mol. The van der Waals surface area contributed by atoms with Crippen molar-refractivity contribution in [2.24, 2.45) is 0 Å². The van der Waals surface area contributed by atoms with Crippen molar-refractivity contribution in [1.82, 2.24) is 0 Å². The molecule has 0 spiro atoms. The van der Waals surface area contributed by atoms with Gasteiger partial charge in [-0.25, -0.2) is 0 Å². The molecule has 0 bridgehead atoms. The molecule has 5 aromatic carbocycles. The lowest BCUT2D eigenvalue weighted by atomic mass is 9.96. The number of hydrogen-bond donors (Lipinski definition) is 0. The van der Waals surface area contributed by atoms with Crippen LogP contribution in [0.5, 0.6) is 0 Å². The van der Waals surface area contributed by atoms with Crippen LogP contribution in [0, 0.1) is 6.07 Å². The number of furan rings is 2. The summed E-state index contributed by atoms with van der Waals surface area (Å²) in [6.45, 7) is 0. The topological polar surface area (TPSA) is 26.3 Å². The first kappa shape index (κ1) is 17.4. The van der Waals surface area contributed by atoms with Gasteiger partial charge in [-0.2, -0.15) is 0 Å². The van der Waals surface area contributed by atoms with E-state index in [0.717, 1.165) is 66.1 Å². The Bertz CT molecular complexity index is 1650. The molecule has 0 atom stereocenters. The van der Waals surface area contributed by atoms with E-state index in [0.29, 0.717) is 0 Å². The van der Waals surface area contributed by atoms with Gasteiger partial charge in [-0.1, -0.05) is 84.9 Å². The fraction of sp³-hybridized carbons (Fsp3) is 0. The Morgan fingerprint density at radius 1 is 0.500 bits per heavy atom. The lowest BCUT2D eigenvalue weighted by Crippen LogP contribution is -1.83. The van der Waals surface area contributed by atoms with Crippen molar-refractivity contribution in [3.8, 4) is 22.3 Å². The van der Waals surface area contributed by atoms with Crippen LogP contribution in [0.1, 0.15) is 0 Å². The summed E-state index contributed by atoms with van der Waals surface area (Å²) in [7, 11) is 0. The van der Waals surface area contributed by atoms with Crippen molar-refractivity contribution in [3.05, 3.63) is 109 Å². The van der Waals surface area contributed by atoms with E-state index in [1.807, 2.05) is 42.5 Å². The maximum Gasteiger partial charge on any atom is 0.143 e. The van der Waals surface area contributed by atoms with Crippen molar-refractivity contribution in [2.45, 2.75) is 0 Å². The lowest BCUT2D eigenvalue weighted by molar-refractivity contribution is 0.670. The number of fused-ring (bicyclic) bond motifs is 6. The third kappa shape index (κ3) is 2.47. The van der Waals surface area contributed by atoms with Crippen molar-refractivity contribution in [1.29, 1.82) is 0 Å². The molecule has 0 N–H and O–H groups in total. The van der Waals surface area contributed by atoms with E-state index in [2.05, 4.69) is 66.7 Å². The van der Waals surface area contributed by atoms with Crippen molar-refractivity contribution >= 4 is 43.9 Å². The third-order valence-electron chi connectivity index (χ3n) is 6.21. The fourth-order valence-corrected chi connectivity index (χ4v) is 4.72. The highest BCUT2D eigenvalue weighted by Gasteiger charge is 2.15. The van der Waals surface area contributed by atoms with Crippen LogP contribution in [-0.4, -0.2) is 0 Å². The number of rotatable bonds is 2. The lowest BCUT2D eigenvalue weighted by Gasteiger charge is -2.07. The van der Waals surface area contributed by atoms with E-state index in [4.69, 9.17) is 8.83 Å². The van der Waals surface area contributed by atoms with Crippen molar-refractivity contribution < 1.29 is 8.83 Å². The molecular weight excluding hydrogens is 392 g/mol. The van der Waals surface area contributed by atoms with E-state index in [9.17, 15) is 0 Å². The molecule has 2 heteroatoms. The van der Waals surface area contributed by atoms with E-state index >= 15 is 0 Å². The summed E-state index contributed by atoms with van der Waals surface area (Å²) in [4.78, 5) is 0. The van der Waals surface area contributed by atoms with Gasteiger partial charge in [0.1, 0.15) is 22.3 Å². The van der Waals surface area contributed by atoms with Gasteiger partial charge in [0.25, 0.3) is 0 Å². The summed E-state index contributed by atoms with van der Waals surface area (Å²) in [5.74, 6) is 0. The van der Waals surface area contributed by atoms with E-state index in [-0.39, 0.29) is 0 Å². The maximum atomic E-state index is 6.26. The minimum atomic E-state index is 0.893. The quantitative estimate of drug-likeness (QED) is 0.286. The number of para-hydroxylation sites is 4. The molecule has 0 aliphatic heterocycles. The molecule has 0 aliphatic carbocycles. The Hall–Kier alpha value is -4.30. The summed E-state index contributed by atoms with van der Waals surface area (Å²) in [6, 6.07) is 38.6. The molecule has 32 heavy (non-hydrogen) atoms. The van der Waals surface area contributed by atoms with Gasteiger partial charge < -0.3 is 8.83 Å². The highest BCUT2D eigenvalue weighted by atomic mass is 16.3. The predicted molar refractivity (Wildman–Crippen MR) is 131 cm³/mol. The van der Waals surface area contributed by atoms with Gasteiger partial charge in [-0.3, -0.25) is 0 Å². The van der Waals surface area contributed by atoms with Gasteiger partial charge >= 0.3 is 0 Å². The molecule has 0 amide bonds. The van der Waals surface area contributed by atoms with Gasteiger partial charge in [0, 0.05) is 32.7 Å². The predicted octanol–water partition coefficient (Wildman–Crippen LogP) is 8.62. The molecule has 7 aromatic rings. The van der Waals surface area contributed by atoms with Gasteiger partial charge in [0.2, 0.25) is 0 Å². The smallest absolute Gasteiger partial charge is 0.143 e. The van der Waals surface area contributed by atoms with Crippen LogP contribution in [0.2, 0.25) is 0 Å². The van der Waals surface area contributed by atoms with Crippen molar-refractivity contribution in [3.63, 3.8) is 0 Å². The summed E-state index contributed by atoms with van der Waals surface area (Å²) >= 11 is 0. The van der Waals surface area contributed by atoms with Gasteiger partial charge in [-0.05, 0) is 35.4 Å². The van der Waals surface area contributed by atoms with Crippen LogP contribution in [0.15, 0.2) is 112 Å². The zero-order valence-electron chi connectivity index (χ0n) is 17.1. The molecule has 149 valence electrons. The normalized spacial score (nSPS) is 11.8. The van der Waals surface area contributed by atoms with Crippen LogP contribution < -0.4 is 0 Å². The van der Waals surface area contributed by atoms with Crippen LogP contribution >= 0.6 is 0 Å². The van der Waals surface area contributed by atoms with E-state index in [1.54, 1.807) is 0 Å². The molecule has 2 aromatic heterocycles. The molecule has 0 fully saturated rings. The minimum absolute atomic E-state index is 0.893. The molecule has 1 radical (unpaired) electrons. The molecule has 2 nitrogen and oxygen atoms in total. The molecular formula is C30H17O2.